The third-order valence-electron chi connectivity index (χ3n) is 4.10. The third kappa shape index (κ3) is 3.03. The number of thiophene rings is 1. The first-order valence-corrected chi connectivity index (χ1v) is 8.79. The number of fused-ring (bicyclic) bond motifs is 1. The van der Waals surface area contributed by atoms with Gasteiger partial charge in [-0.1, -0.05) is 0 Å². The number of aryl methyl sites for hydroxylation is 1. The van der Waals surface area contributed by atoms with Crippen molar-refractivity contribution in [1.29, 1.82) is 0 Å². The van der Waals surface area contributed by atoms with Crippen LogP contribution in [0.2, 0.25) is 0 Å². The second kappa shape index (κ2) is 6.10. The highest BCUT2D eigenvalue weighted by Gasteiger charge is 2.20. The van der Waals surface area contributed by atoms with Crippen molar-refractivity contribution in [2.45, 2.75) is 38.6 Å². The van der Waals surface area contributed by atoms with E-state index in [1.807, 2.05) is 0 Å². The van der Waals surface area contributed by atoms with Crippen molar-refractivity contribution < 1.29 is 0 Å². The van der Waals surface area contributed by atoms with E-state index in [4.69, 9.17) is 4.99 Å². The molecule has 0 aromatic carbocycles. The van der Waals surface area contributed by atoms with Gasteiger partial charge in [-0.3, -0.25) is 0 Å². The summed E-state index contributed by atoms with van der Waals surface area (Å²) in [5.41, 5.74) is 1.27. The lowest BCUT2D eigenvalue weighted by atomic mass is 9.93. The zero-order valence-corrected chi connectivity index (χ0v) is 15.0. The molecule has 1 aliphatic rings. The van der Waals surface area contributed by atoms with Crippen molar-refractivity contribution in [2.75, 3.05) is 14.1 Å². The quantitative estimate of drug-likeness (QED) is 0.793. The van der Waals surface area contributed by atoms with Crippen LogP contribution in [0, 0.1) is 6.92 Å². The summed E-state index contributed by atoms with van der Waals surface area (Å²) < 4.78 is 1.09. The van der Waals surface area contributed by atoms with E-state index in [1.54, 1.807) is 17.7 Å². The number of aliphatic imine (C=N–C) groups is 1. The van der Waals surface area contributed by atoms with Crippen LogP contribution in [0.15, 0.2) is 15.8 Å². The van der Waals surface area contributed by atoms with Crippen LogP contribution in [0.1, 0.15) is 30.6 Å². The van der Waals surface area contributed by atoms with E-state index >= 15 is 0 Å². The molecule has 0 N–H and O–H groups in total. The van der Waals surface area contributed by atoms with Crippen LogP contribution in [0.4, 0.5) is 5.82 Å². The Kier molecular flexibility index (Phi) is 4.38. The highest BCUT2D eigenvalue weighted by Crippen LogP contribution is 2.38. The molecule has 6 heteroatoms. The summed E-state index contributed by atoms with van der Waals surface area (Å²) in [5.74, 6) is 0.814. The number of aromatic nitrogens is 2. The molecule has 1 fully saturated rings. The second-order valence-electron chi connectivity index (χ2n) is 5.72. The molecule has 4 nitrogen and oxygen atoms in total. The molecule has 0 spiro atoms. The highest BCUT2D eigenvalue weighted by molar-refractivity contribution is 9.10. The minimum Gasteiger partial charge on any atom is -0.306 e. The average Bonchev–Trinajstić information content (AvgIpc) is 2.76. The molecule has 2 heterocycles. The molecule has 112 valence electrons. The van der Waals surface area contributed by atoms with Gasteiger partial charge in [0.1, 0.15) is 11.2 Å². The van der Waals surface area contributed by atoms with Crippen molar-refractivity contribution >= 4 is 49.0 Å². The molecule has 0 aliphatic heterocycles. The van der Waals surface area contributed by atoms with Gasteiger partial charge in [0.05, 0.1) is 5.39 Å². The molecule has 3 rings (SSSR count). The fraction of sp³-hybridized carbons (Fsp3) is 0.533. The standard InChI is InChI=1S/C15H19BrN4S/c1-9-13(16)12-14(17-8-18-15(12)21-9)19-10-4-6-11(7-5-10)20(2)3/h8,11H,4-7H2,1-3H3. The van der Waals surface area contributed by atoms with E-state index in [-0.39, 0.29) is 0 Å². The molecular formula is C15H19BrN4S. The fourth-order valence-electron chi connectivity index (χ4n) is 2.79. The summed E-state index contributed by atoms with van der Waals surface area (Å²) in [7, 11) is 4.32. The molecule has 2 aromatic rings. The summed E-state index contributed by atoms with van der Waals surface area (Å²) in [6.07, 6.45) is 6.12. The maximum absolute atomic E-state index is 4.84. The van der Waals surface area contributed by atoms with Crippen molar-refractivity contribution in [1.82, 2.24) is 14.9 Å². The van der Waals surface area contributed by atoms with Gasteiger partial charge in [0.25, 0.3) is 0 Å². The van der Waals surface area contributed by atoms with Gasteiger partial charge in [0.15, 0.2) is 5.82 Å². The van der Waals surface area contributed by atoms with Crippen LogP contribution in [-0.4, -0.2) is 40.7 Å². The third-order valence-corrected chi connectivity index (χ3v) is 6.36. The number of hydrogen-bond acceptors (Lipinski definition) is 5. The Morgan fingerprint density at radius 2 is 2.00 bits per heavy atom. The molecule has 1 aliphatic carbocycles. The smallest absolute Gasteiger partial charge is 0.165 e. The minimum atomic E-state index is 0.685. The van der Waals surface area contributed by atoms with Crippen LogP contribution in [0.3, 0.4) is 0 Å². The molecule has 21 heavy (non-hydrogen) atoms. The predicted octanol–water partition coefficient (Wildman–Crippen LogP) is 4.34. The summed E-state index contributed by atoms with van der Waals surface area (Å²) in [6, 6.07) is 0.685. The van der Waals surface area contributed by atoms with Gasteiger partial charge in [-0.05, 0) is 62.6 Å². The molecule has 0 atom stereocenters. The Labute approximate surface area is 137 Å². The van der Waals surface area contributed by atoms with Crippen LogP contribution >= 0.6 is 27.3 Å². The van der Waals surface area contributed by atoms with Crippen molar-refractivity contribution in [3.63, 3.8) is 0 Å². The summed E-state index contributed by atoms with van der Waals surface area (Å²) in [4.78, 5) is 18.1. The van der Waals surface area contributed by atoms with E-state index in [2.05, 4.69) is 51.8 Å². The Morgan fingerprint density at radius 1 is 1.29 bits per heavy atom. The molecule has 0 unspecified atom stereocenters. The Morgan fingerprint density at radius 3 is 2.67 bits per heavy atom. The van der Waals surface area contributed by atoms with Crippen molar-refractivity contribution in [3.05, 3.63) is 15.7 Å². The van der Waals surface area contributed by atoms with E-state index in [0.717, 1.165) is 33.3 Å². The average molecular weight is 367 g/mol. The highest BCUT2D eigenvalue weighted by atomic mass is 79.9. The van der Waals surface area contributed by atoms with E-state index in [0.29, 0.717) is 6.04 Å². The lowest BCUT2D eigenvalue weighted by Crippen LogP contribution is -2.32. The predicted molar refractivity (Wildman–Crippen MR) is 92.9 cm³/mol. The summed E-state index contributed by atoms with van der Waals surface area (Å²) in [6.45, 7) is 2.09. The topological polar surface area (TPSA) is 41.4 Å². The molecule has 0 radical (unpaired) electrons. The molecule has 0 saturated heterocycles. The minimum absolute atomic E-state index is 0.685. The molecule has 0 bridgehead atoms. The monoisotopic (exact) mass is 366 g/mol. The number of hydrogen-bond donors (Lipinski definition) is 0. The van der Waals surface area contributed by atoms with Crippen LogP contribution in [0.25, 0.3) is 10.2 Å². The van der Waals surface area contributed by atoms with E-state index < -0.39 is 0 Å². The van der Waals surface area contributed by atoms with E-state index in [9.17, 15) is 0 Å². The van der Waals surface area contributed by atoms with Crippen LogP contribution < -0.4 is 0 Å². The van der Waals surface area contributed by atoms with Crippen molar-refractivity contribution in [2.24, 2.45) is 4.99 Å². The first kappa shape index (κ1) is 15.1. The Hall–Kier alpha value is -0.850. The van der Waals surface area contributed by atoms with Gasteiger partial charge in [0.2, 0.25) is 0 Å². The van der Waals surface area contributed by atoms with Gasteiger partial charge in [-0.2, -0.15) is 0 Å². The molecule has 2 aromatic heterocycles. The zero-order valence-electron chi connectivity index (χ0n) is 12.6. The second-order valence-corrected chi connectivity index (χ2v) is 7.72. The van der Waals surface area contributed by atoms with Gasteiger partial charge in [-0.15, -0.1) is 11.3 Å². The van der Waals surface area contributed by atoms with Gasteiger partial charge < -0.3 is 4.90 Å². The largest absolute Gasteiger partial charge is 0.306 e. The Bertz CT molecular complexity index is 682. The number of rotatable bonds is 2. The summed E-state index contributed by atoms with van der Waals surface area (Å²) in [5, 5.41) is 1.06. The number of halogens is 1. The lowest BCUT2D eigenvalue weighted by Gasteiger charge is -2.28. The van der Waals surface area contributed by atoms with Gasteiger partial charge in [0, 0.05) is 21.1 Å². The molecule has 1 saturated carbocycles. The first-order chi connectivity index (χ1) is 10.1. The van der Waals surface area contributed by atoms with E-state index in [1.165, 1.54) is 23.4 Å². The SMILES string of the molecule is Cc1sc2ncnc(N=C3CCC(N(C)C)CC3)c2c1Br. The van der Waals surface area contributed by atoms with Gasteiger partial charge in [-0.25, -0.2) is 15.0 Å². The zero-order chi connectivity index (χ0) is 15.0. The molecule has 0 amide bonds. The lowest BCUT2D eigenvalue weighted by molar-refractivity contribution is 0.260. The van der Waals surface area contributed by atoms with Gasteiger partial charge >= 0.3 is 0 Å². The Balaban J connectivity index is 1.90. The number of nitrogens with zero attached hydrogens (tertiary/aromatic N) is 4. The maximum atomic E-state index is 4.84. The van der Waals surface area contributed by atoms with Crippen LogP contribution in [0.5, 0.6) is 0 Å². The maximum Gasteiger partial charge on any atom is 0.165 e. The van der Waals surface area contributed by atoms with Crippen LogP contribution in [-0.2, 0) is 0 Å². The first-order valence-electron chi connectivity index (χ1n) is 7.18. The summed E-state index contributed by atoms with van der Waals surface area (Å²) >= 11 is 5.33. The fourth-order valence-corrected chi connectivity index (χ4v) is 4.41. The normalized spacial score (nSPS) is 19.5. The molecular weight excluding hydrogens is 348 g/mol. The van der Waals surface area contributed by atoms with Crippen molar-refractivity contribution in [3.8, 4) is 0 Å².